The Bertz CT molecular complexity index is 783. The Balaban J connectivity index is 2.95. The maximum atomic E-state index is 12.5. The minimum absolute atomic E-state index is 0.0782. The van der Waals surface area contributed by atoms with E-state index >= 15 is 0 Å². The number of nitrogens with zero attached hydrogens (tertiary/aromatic N) is 1. The molecule has 0 N–H and O–H groups in total. The summed E-state index contributed by atoms with van der Waals surface area (Å²) in [5, 5.41) is 0.666. The van der Waals surface area contributed by atoms with Gasteiger partial charge in [0.2, 0.25) is 5.43 Å². The summed E-state index contributed by atoms with van der Waals surface area (Å²) in [7, 11) is 0. The summed E-state index contributed by atoms with van der Waals surface area (Å²) in [6, 6.07) is 1.48. The van der Waals surface area contributed by atoms with Crippen LogP contribution >= 0.6 is 34.8 Å². The van der Waals surface area contributed by atoms with Crippen molar-refractivity contribution < 1.29 is 9.53 Å². The van der Waals surface area contributed by atoms with Crippen molar-refractivity contribution >= 4 is 51.7 Å². The van der Waals surface area contributed by atoms with Gasteiger partial charge in [0.25, 0.3) is 0 Å². The van der Waals surface area contributed by atoms with Gasteiger partial charge in [-0.25, -0.2) is 4.79 Å². The monoisotopic (exact) mass is 347 g/mol. The smallest absolute Gasteiger partial charge is 0.343 e. The van der Waals surface area contributed by atoms with Gasteiger partial charge in [-0.05, 0) is 19.9 Å². The average molecular weight is 349 g/mol. The molecule has 0 bridgehead atoms. The molecule has 0 saturated heterocycles. The van der Waals surface area contributed by atoms with Crippen molar-refractivity contribution in [2.75, 3.05) is 6.61 Å². The lowest BCUT2D eigenvalue weighted by molar-refractivity contribution is 0.0524. The Kier molecular flexibility index (Phi) is 4.81. The highest BCUT2D eigenvalue weighted by Gasteiger charge is 2.21. The van der Waals surface area contributed by atoms with E-state index < -0.39 is 11.4 Å². The van der Waals surface area contributed by atoms with Crippen molar-refractivity contribution in [3.8, 4) is 0 Å². The van der Waals surface area contributed by atoms with E-state index in [0.29, 0.717) is 17.1 Å². The van der Waals surface area contributed by atoms with Crippen LogP contribution in [-0.4, -0.2) is 17.1 Å². The fraction of sp³-hybridized carbons (Fsp3) is 0.286. The number of ether oxygens (including phenoxy) is 1. The quantitative estimate of drug-likeness (QED) is 0.618. The number of benzene rings is 1. The summed E-state index contributed by atoms with van der Waals surface area (Å²) < 4.78 is 6.57. The van der Waals surface area contributed by atoms with Crippen LogP contribution in [0.1, 0.15) is 24.2 Å². The first-order valence-corrected chi connectivity index (χ1v) is 7.43. The average Bonchev–Trinajstić information content (AvgIpc) is 2.44. The lowest BCUT2D eigenvalue weighted by Gasteiger charge is -2.14. The second-order valence-corrected chi connectivity index (χ2v) is 5.45. The third kappa shape index (κ3) is 2.76. The van der Waals surface area contributed by atoms with E-state index in [4.69, 9.17) is 39.5 Å². The number of hydrogen-bond acceptors (Lipinski definition) is 3. The number of aromatic nitrogens is 1. The molecule has 0 aliphatic rings. The molecule has 0 aliphatic carbocycles. The molecule has 0 radical (unpaired) electrons. The molecular formula is C14H12Cl3NO3. The van der Waals surface area contributed by atoms with Gasteiger partial charge in [0.1, 0.15) is 5.56 Å². The normalized spacial score (nSPS) is 10.9. The summed E-state index contributed by atoms with van der Waals surface area (Å²) in [6.07, 6.45) is 1.43. The topological polar surface area (TPSA) is 48.3 Å². The number of aryl methyl sites for hydroxylation is 1. The molecule has 2 rings (SSSR count). The van der Waals surface area contributed by atoms with E-state index in [-0.39, 0.29) is 27.6 Å². The van der Waals surface area contributed by atoms with Gasteiger partial charge in [0, 0.05) is 12.7 Å². The number of halogens is 3. The molecular weight excluding hydrogens is 337 g/mol. The minimum atomic E-state index is -0.696. The first-order chi connectivity index (χ1) is 9.92. The number of rotatable bonds is 3. The van der Waals surface area contributed by atoms with Crippen molar-refractivity contribution in [2.24, 2.45) is 0 Å². The molecule has 2 aromatic rings. The van der Waals surface area contributed by atoms with Crippen LogP contribution in [0, 0.1) is 0 Å². The first kappa shape index (κ1) is 16.1. The largest absolute Gasteiger partial charge is 0.462 e. The molecule has 4 nitrogen and oxygen atoms in total. The van der Waals surface area contributed by atoms with Crippen molar-refractivity contribution in [3.63, 3.8) is 0 Å². The molecule has 0 fully saturated rings. The third-order valence-corrected chi connectivity index (χ3v) is 4.10. The molecule has 0 amide bonds. The molecule has 1 aromatic heterocycles. The maximum Gasteiger partial charge on any atom is 0.343 e. The molecule has 112 valence electrons. The predicted octanol–water partition coefficient (Wildman–Crippen LogP) is 4.16. The highest BCUT2D eigenvalue weighted by Crippen LogP contribution is 2.34. The van der Waals surface area contributed by atoms with Crippen molar-refractivity contribution in [2.45, 2.75) is 20.4 Å². The Morgan fingerprint density at radius 3 is 2.48 bits per heavy atom. The number of fused-ring (bicyclic) bond motifs is 1. The summed E-state index contributed by atoms with van der Waals surface area (Å²) in [5.41, 5.74) is -0.180. The summed E-state index contributed by atoms with van der Waals surface area (Å²) in [5.74, 6) is -0.696. The highest BCUT2D eigenvalue weighted by molar-refractivity contribution is 6.47. The number of carbonyl (C=O) groups is 1. The molecule has 1 heterocycles. The van der Waals surface area contributed by atoms with Gasteiger partial charge in [-0.3, -0.25) is 4.79 Å². The first-order valence-electron chi connectivity index (χ1n) is 6.30. The van der Waals surface area contributed by atoms with E-state index in [1.54, 1.807) is 11.5 Å². The van der Waals surface area contributed by atoms with E-state index in [0.717, 1.165) is 0 Å². The second kappa shape index (κ2) is 6.26. The lowest BCUT2D eigenvalue weighted by Crippen LogP contribution is -2.21. The highest BCUT2D eigenvalue weighted by atomic mass is 35.5. The molecule has 0 atom stereocenters. The van der Waals surface area contributed by atoms with Crippen molar-refractivity contribution in [1.82, 2.24) is 4.57 Å². The number of hydrogen-bond donors (Lipinski definition) is 0. The number of carbonyl (C=O) groups excluding carboxylic acids is 1. The fourth-order valence-electron chi connectivity index (χ4n) is 2.09. The SMILES string of the molecule is CCOC(=O)c1cn(CC)c2c(Cl)cc(Cl)c(Cl)c2c1=O. The van der Waals surface area contributed by atoms with E-state index in [9.17, 15) is 9.59 Å². The molecule has 0 aliphatic heterocycles. The van der Waals surface area contributed by atoms with Gasteiger partial charge in [0.05, 0.1) is 32.6 Å². The van der Waals surface area contributed by atoms with Gasteiger partial charge in [-0.15, -0.1) is 0 Å². The van der Waals surface area contributed by atoms with Crippen LogP contribution in [0.2, 0.25) is 15.1 Å². The number of esters is 1. The summed E-state index contributed by atoms with van der Waals surface area (Å²) >= 11 is 18.3. The minimum Gasteiger partial charge on any atom is -0.462 e. The Hall–Kier alpha value is -1.23. The predicted molar refractivity (Wildman–Crippen MR) is 84.9 cm³/mol. The molecule has 7 heteroatoms. The molecule has 0 saturated carbocycles. The van der Waals surface area contributed by atoms with Crippen LogP contribution in [0.15, 0.2) is 17.1 Å². The number of pyridine rings is 1. The van der Waals surface area contributed by atoms with Crippen LogP contribution in [0.5, 0.6) is 0 Å². The zero-order valence-corrected chi connectivity index (χ0v) is 13.6. The second-order valence-electron chi connectivity index (χ2n) is 4.26. The Morgan fingerprint density at radius 2 is 1.90 bits per heavy atom. The molecule has 21 heavy (non-hydrogen) atoms. The van der Waals surface area contributed by atoms with E-state index in [2.05, 4.69) is 0 Å². The van der Waals surface area contributed by atoms with Crippen LogP contribution in [0.4, 0.5) is 0 Å². The van der Waals surface area contributed by atoms with Gasteiger partial charge in [-0.2, -0.15) is 0 Å². The molecule has 1 aromatic carbocycles. The zero-order chi connectivity index (χ0) is 15.7. The van der Waals surface area contributed by atoms with Crippen LogP contribution in [0.3, 0.4) is 0 Å². The van der Waals surface area contributed by atoms with Gasteiger partial charge < -0.3 is 9.30 Å². The fourth-order valence-corrected chi connectivity index (χ4v) is 2.89. The van der Waals surface area contributed by atoms with E-state index in [1.165, 1.54) is 12.3 Å². The van der Waals surface area contributed by atoms with Crippen LogP contribution in [0.25, 0.3) is 10.9 Å². The standard InChI is InChI=1S/C14H12Cl3NO3/c1-3-18-6-7(14(20)21-4-2)13(19)10-11(17)8(15)5-9(16)12(10)18/h5-6H,3-4H2,1-2H3. The van der Waals surface area contributed by atoms with Gasteiger partial charge >= 0.3 is 5.97 Å². The third-order valence-electron chi connectivity index (χ3n) is 3.03. The van der Waals surface area contributed by atoms with Crippen LogP contribution < -0.4 is 5.43 Å². The summed E-state index contributed by atoms with van der Waals surface area (Å²) in [6.45, 7) is 4.20. The zero-order valence-electron chi connectivity index (χ0n) is 11.4. The maximum absolute atomic E-state index is 12.5. The van der Waals surface area contributed by atoms with Gasteiger partial charge in [-0.1, -0.05) is 34.8 Å². The van der Waals surface area contributed by atoms with Crippen molar-refractivity contribution in [3.05, 3.63) is 43.1 Å². The van der Waals surface area contributed by atoms with E-state index in [1.807, 2.05) is 6.92 Å². The molecule has 0 spiro atoms. The summed E-state index contributed by atoms with van der Waals surface area (Å²) in [4.78, 5) is 24.4. The van der Waals surface area contributed by atoms with Crippen molar-refractivity contribution in [1.29, 1.82) is 0 Å². The van der Waals surface area contributed by atoms with Gasteiger partial charge in [0.15, 0.2) is 0 Å². The Labute approximate surface area is 136 Å². The van der Waals surface area contributed by atoms with Crippen LogP contribution in [-0.2, 0) is 11.3 Å². The lowest BCUT2D eigenvalue weighted by atomic mass is 10.1. The molecule has 0 unspecified atom stereocenters. The Morgan fingerprint density at radius 1 is 1.24 bits per heavy atom.